The molecule has 0 aromatic carbocycles. The fraction of sp³-hybridized carbons (Fsp3) is 0.909. The van der Waals surface area contributed by atoms with Crippen molar-refractivity contribution in [3.63, 3.8) is 0 Å². The summed E-state index contributed by atoms with van der Waals surface area (Å²) in [6.07, 6.45) is 2.12. The lowest BCUT2D eigenvalue weighted by atomic mass is 9.82. The molecule has 5 heteroatoms. The van der Waals surface area contributed by atoms with Gasteiger partial charge in [-0.3, -0.25) is 4.79 Å². The van der Waals surface area contributed by atoms with Crippen LogP contribution in [0.25, 0.3) is 0 Å². The molecule has 0 radical (unpaired) electrons. The van der Waals surface area contributed by atoms with Crippen molar-refractivity contribution in [3.8, 4) is 0 Å². The molecule has 0 bridgehead atoms. The number of carboxylic acid groups (broad SMARTS) is 1. The van der Waals surface area contributed by atoms with Crippen LogP contribution in [-0.2, 0) is 14.6 Å². The van der Waals surface area contributed by atoms with E-state index in [1.807, 2.05) is 13.8 Å². The van der Waals surface area contributed by atoms with E-state index in [-0.39, 0.29) is 22.8 Å². The Labute approximate surface area is 97.0 Å². The van der Waals surface area contributed by atoms with Crippen molar-refractivity contribution in [2.45, 2.75) is 44.8 Å². The van der Waals surface area contributed by atoms with Crippen LogP contribution in [0, 0.1) is 11.8 Å². The van der Waals surface area contributed by atoms with Crippen LogP contribution in [0.15, 0.2) is 0 Å². The summed E-state index contributed by atoms with van der Waals surface area (Å²) in [5, 5.41) is 8.57. The van der Waals surface area contributed by atoms with E-state index in [0.29, 0.717) is 25.7 Å². The molecule has 0 spiro atoms. The van der Waals surface area contributed by atoms with Crippen LogP contribution in [0.4, 0.5) is 0 Å². The molecule has 16 heavy (non-hydrogen) atoms. The zero-order valence-corrected chi connectivity index (χ0v) is 10.7. The summed E-state index contributed by atoms with van der Waals surface area (Å²) < 4.78 is 23.9. The Kier molecular flexibility index (Phi) is 4.35. The number of hydrogen-bond acceptors (Lipinski definition) is 3. The van der Waals surface area contributed by atoms with E-state index in [4.69, 9.17) is 5.11 Å². The van der Waals surface area contributed by atoms with E-state index >= 15 is 0 Å². The number of rotatable bonds is 4. The van der Waals surface area contributed by atoms with Gasteiger partial charge in [0.25, 0.3) is 0 Å². The van der Waals surface area contributed by atoms with Gasteiger partial charge in [-0.15, -0.1) is 0 Å². The molecule has 0 aromatic heterocycles. The maximum absolute atomic E-state index is 11.9. The van der Waals surface area contributed by atoms with Gasteiger partial charge in [-0.05, 0) is 31.6 Å². The molecule has 1 aliphatic carbocycles. The van der Waals surface area contributed by atoms with Crippen molar-refractivity contribution in [1.29, 1.82) is 0 Å². The molecule has 0 aliphatic heterocycles. The standard InChI is InChI=1S/C11H20O4S/c1-3-6-16(14,15)10-5-4-9(11(12)13)7-8(10)2/h8-10H,3-7H2,1-2H3,(H,12,13). The van der Waals surface area contributed by atoms with Crippen molar-refractivity contribution >= 4 is 15.8 Å². The normalized spacial score (nSPS) is 31.2. The van der Waals surface area contributed by atoms with E-state index < -0.39 is 15.8 Å². The van der Waals surface area contributed by atoms with Gasteiger partial charge >= 0.3 is 5.97 Å². The fourth-order valence-corrected chi connectivity index (χ4v) is 4.75. The maximum atomic E-state index is 11.9. The van der Waals surface area contributed by atoms with Gasteiger partial charge in [-0.1, -0.05) is 13.8 Å². The summed E-state index contributed by atoms with van der Waals surface area (Å²) in [5.74, 6) is -0.965. The molecule has 1 rings (SSSR count). The van der Waals surface area contributed by atoms with Gasteiger partial charge in [0.05, 0.1) is 16.9 Å². The maximum Gasteiger partial charge on any atom is 0.306 e. The molecule has 1 N–H and O–H groups in total. The lowest BCUT2D eigenvalue weighted by molar-refractivity contribution is -0.143. The highest BCUT2D eigenvalue weighted by Crippen LogP contribution is 2.33. The first-order valence-electron chi connectivity index (χ1n) is 5.82. The second kappa shape index (κ2) is 5.17. The minimum Gasteiger partial charge on any atom is -0.481 e. The number of carboxylic acids is 1. The van der Waals surface area contributed by atoms with Crippen molar-refractivity contribution < 1.29 is 18.3 Å². The first kappa shape index (κ1) is 13.5. The van der Waals surface area contributed by atoms with Crippen LogP contribution in [0.3, 0.4) is 0 Å². The Morgan fingerprint density at radius 3 is 2.44 bits per heavy atom. The summed E-state index contributed by atoms with van der Waals surface area (Å²) >= 11 is 0. The smallest absolute Gasteiger partial charge is 0.306 e. The Hall–Kier alpha value is -0.580. The van der Waals surface area contributed by atoms with Gasteiger partial charge < -0.3 is 5.11 Å². The lowest BCUT2D eigenvalue weighted by Gasteiger charge is -2.31. The second-order valence-corrected chi connectivity index (χ2v) is 7.07. The van der Waals surface area contributed by atoms with Crippen molar-refractivity contribution in [1.82, 2.24) is 0 Å². The van der Waals surface area contributed by atoms with Gasteiger partial charge in [-0.25, -0.2) is 8.42 Å². The first-order chi connectivity index (χ1) is 7.38. The molecular formula is C11H20O4S. The van der Waals surface area contributed by atoms with Crippen LogP contribution >= 0.6 is 0 Å². The third kappa shape index (κ3) is 2.97. The van der Waals surface area contributed by atoms with E-state index in [2.05, 4.69) is 0 Å². The van der Waals surface area contributed by atoms with Crippen LogP contribution in [0.1, 0.15) is 39.5 Å². The molecule has 1 saturated carbocycles. The van der Waals surface area contributed by atoms with E-state index in [1.54, 1.807) is 0 Å². The summed E-state index contributed by atoms with van der Waals surface area (Å²) in [5.41, 5.74) is 0. The predicted octanol–water partition coefficient (Wildman–Crippen LogP) is 1.70. The average molecular weight is 248 g/mol. The zero-order valence-electron chi connectivity index (χ0n) is 9.85. The molecular weight excluding hydrogens is 228 g/mol. The highest BCUT2D eigenvalue weighted by atomic mass is 32.2. The highest BCUT2D eigenvalue weighted by Gasteiger charge is 2.37. The minimum atomic E-state index is -3.02. The second-order valence-electron chi connectivity index (χ2n) is 4.73. The quantitative estimate of drug-likeness (QED) is 0.822. The van der Waals surface area contributed by atoms with Crippen LogP contribution < -0.4 is 0 Å². The van der Waals surface area contributed by atoms with Crippen LogP contribution in [-0.4, -0.2) is 30.5 Å². The molecule has 1 aliphatic rings. The third-order valence-corrected chi connectivity index (χ3v) is 5.99. The minimum absolute atomic E-state index is 0.0357. The van der Waals surface area contributed by atoms with E-state index in [1.165, 1.54) is 0 Å². The SMILES string of the molecule is CCCS(=O)(=O)C1CCC(C(=O)O)CC1C. The Morgan fingerprint density at radius 1 is 1.38 bits per heavy atom. The van der Waals surface area contributed by atoms with E-state index in [0.717, 1.165) is 0 Å². The molecule has 4 nitrogen and oxygen atoms in total. The summed E-state index contributed by atoms with van der Waals surface area (Å²) in [6.45, 7) is 3.71. The predicted molar refractivity (Wildman–Crippen MR) is 62.0 cm³/mol. The van der Waals surface area contributed by atoms with Crippen molar-refractivity contribution in [2.75, 3.05) is 5.75 Å². The molecule has 1 fully saturated rings. The first-order valence-corrected chi connectivity index (χ1v) is 7.54. The lowest BCUT2D eigenvalue weighted by Crippen LogP contribution is -2.37. The largest absolute Gasteiger partial charge is 0.481 e. The Morgan fingerprint density at radius 2 is 2.00 bits per heavy atom. The zero-order chi connectivity index (χ0) is 12.3. The molecule has 0 saturated heterocycles. The van der Waals surface area contributed by atoms with Gasteiger partial charge in [0.1, 0.15) is 0 Å². The Balaban J connectivity index is 2.71. The monoisotopic (exact) mass is 248 g/mol. The molecule has 0 aromatic rings. The molecule has 3 unspecified atom stereocenters. The van der Waals surface area contributed by atoms with E-state index in [9.17, 15) is 13.2 Å². The molecule has 3 atom stereocenters. The third-order valence-electron chi connectivity index (χ3n) is 3.39. The van der Waals surface area contributed by atoms with Gasteiger partial charge in [0.15, 0.2) is 9.84 Å². The average Bonchev–Trinajstić information content (AvgIpc) is 2.16. The summed E-state index contributed by atoms with van der Waals surface area (Å²) in [6, 6.07) is 0. The highest BCUT2D eigenvalue weighted by molar-refractivity contribution is 7.92. The molecule has 0 amide bonds. The number of hydrogen-bond donors (Lipinski definition) is 1. The summed E-state index contributed by atoms with van der Waals surface area (Å²) in [7, 11) is -3.02. The van der Waals surface area contributed by atoms with Crippen LogP contribution in [0.2, 0.25) is 0 Å². The summed E-state index contributed by atoms with van der Waals surface area (Å²) in [4.78, 5) is 10.8. The number of sulfone groups is 1. The molecule has 0 heterocycles. The molecule has 94 valence electrons. The Bertz CT molecular complexity index is 347. The number of carbonyl (C=O) groups is 1. The number of aliphatic carboxylic acids is 1. The van der Waals surface area contributed by atoms with Crippen molar-refractivity contribution in [3.05, 3.63) is 0 Å². The van der Waals surface area contributed by atoms with Gasteiger partial charge in [0.2, 0.25) is 0 Å². The van der Waals surface area contributed by atoms with Gasteiger partial charge in [-0.2, -0.15) is 0 Å². The van der Waals surface area contributed by atoms with Crippen molar-refractivity contribution in [2.24, 2.45) is 11.8 Å². The van der Waals surface area contributed by atoms with Gasteiger partial charge in [0, 0.05) is 0 Å². The fourth-order valence-electron chi connectivity index (χ4n) is 2.56. The van der Waals surface area contributed by atoms with Crippen LogP contribution in [0.5, 0.6) is 0 Å². The topological polar surface area (TPSA) is 71.4 Å².